The van der Waals surface area contributed by atoms with E-state index in [0.29, 0.717) is 25.7 Å². The van der Waals surface area contributed by atoms with Crippen molar-refractivity contribution in [3.05, 3.63) is 0 Å². The molecule has 5 unspecified atom stereocenters. The van der Waals surface area contributed by atoms with E-state index in [0.717, 1.165) is 126 Å². The highest BCUT2D eigenvalue weighted by Gasteiger charge is 2.30. The lowest BCUT2D eigenvalue weighted by atomic mass is 10.00. The summed E-state index contributed by atoms with van der Waals surface area (Å²) in [5, 5.41) is 10.5. The molecule has 0 saturated heterocycles. The fraction of sp³-hybridized carbons (Fsp3) is 0.937. The zero-order valence-electron chi connectivity index (χ0n) is 53.1. The Balaban J connectivity index is 5.27. The van der Waals surface area contributed by atoms with Gasteiger partial charge >= 0.3 is 39.5 Å². The highest BCUT2D eigenvalue weighted by Crippen LogP contribution is 2.45. The molecule has 0 aliphatic heterocycles. The highest BCUT2D eigenvalue weighted by atomic mass is 31.2. The molecule has 0 aromatic heterocycles. The van der Waals surface area contributed by atoms with E-state index in [1.54, 1.807) is 0 Å². The summed E-state index contributed by atoms with van der Waals surface area (Å²) in [6.45, 7) is 13.9. The molecule has 0 radical (unpaired) electrons. The lowest BCUT2D eigenvalue weighted by Crippen LogP contribution is -2.30. The van der Waals surface area contributed by atoms with Gasteiger partial charge in [0, 0.05) is 25.7 Å². The summed E-state index contributed by atoms with van der Waals surface area (Å²) in [6, 6.07) is 0. The third-order valence-electron chi connectivity index (χ3n) is 15.4. The molecular formula is C63H122O17P2. The first kappa shape index (κ1) is 80.1. The molecule has 0 aromatic rings. The minimum Gasteiger partial charge on any atom is -0.462 e. The van der Waals surface area contributed by atoms with E-state index in [1.165, 1.54) is 89.9 Å². The van der Waals surface area contributed by atoms with E-state index in [2.05, 4.69) is 55.4 Å². The third kappa shape index (κ3) is 53.5. The van der Waals surface area contributed by atoms with E-state index in [-0.39, 0.29) is 25.7 Å². The minimum atomic E-state index is -4.94. The van der Waals surface area contributed by atoms with Gasteiger partial charge in [-0.1, -0.05) is 248 Å². The normalized spacial score (nSPS) is 15.5. The lowest BCUT2D eigenvalue weighted by molar-refractivity contribution is -0.161. The number of unbranched alkanes of at least 4 members (excludes halogenated alkanes) is 23. The molecule has 0 heterocycles. The van der Waals surface area contributed by atoms with Crippen LogP contribution in [0.3, 0.4) is 0 Å². The molecule has 0 aliphatic carbocycles. The van der Waals surface area contributed by atoms with Crippen LogP contribution in [0.15, 0.2) is 0 Å². The van der Waals surface area contributed by atoms with Crippen LogP contribution in [0.5, 0.6) is 0 Å². The molecule has 0 aliphatic rings. The monoisotopic (exact) mass is 1210 g/mol. The number of aliphatic hydroxyl groups is 1. The van der Waals surface area contributed by atoms with Gasteiger partial charge < -0.3 is 33.8 Å². The average molecular weight is 1210 g/mol. The van der Waals surface area contributed by atoms with Crippen molar-refractivity contribution in [2.45, 2.75) is 318 Å². The molecule has 0 aromatic carbocycles. The first-order valence-electron chi connectivity index (χ1n) is 32.8. The number of phosphoric ester groups is 2. The zero-order valence-corrected chi connectivity index (χ0v) is 54.9. The van der Waals surface area contributed by atoms with Crippen LogP contribution in [0.1, 0.15) is 299 Å². The predicted molar refractivity (Wildman–Crippen MR) is 326 cm³/mol. The molecule has 0 saturated carbocycles. The number of carbonyl (C=O) groups excluding carboxylic acids is 4. The third-order valence-corrected chi connectivity index (χ3v) is 17.3. The summed E-state index contributed by atoms with van der Waals surface area (Å²) in [5.74, 6) is 0.774. The van der Waals surface area contributed by atoms with Crippen LogP contribution in [0.25, 0.3) is 0 Å². The largest absolute Gasteiger partial charge is 0.472 e. The second-order valence-corrected chi connectivity index (χ2v) is 26.9. The summed E-state index contributed by atoms with van der Waals surface area (Å²) < 4.78 is 67.9. The molecule has 0 amide bonds. The maximum atomic E-state index is 13.0. The number of hydrogen-bond donors (Lipinski definition) is 3. The molecule has 19 heteroatoms. The van der Waals surface area contributed by atoms with Gasteiger partial charge in [0.05, 0.1) is 26.4 Å². The molecule has 82 heavy (non-hydrogen) atoms. The minimum absolute atomic E-state index is 0.101. The summed E-state index contributed by atoms with van der Waals surface area (Å²) in [7, 11) is -9.89. The SMILES string of the molecule is CCC(C)CCCCCCCCC(=O)OC[C@H](COP(=O)(O)OC[C@H](O)COP(=O)(O)OC[C@@H](COC(=O)CCCCCCCCC(C)CC)OC(=O)CCCCCCCCC(C)CC)OC(=O)CCCCCCCCCCCC(C)C. The number of aliphatic hydroxyl groups excluding tert-OH is 1. The second kappa shape index (κ2) is 53.3. The molecule has 17 nitrogen and oxygen atoms in total. The first-order chi connectivity index (χ1) is 39.2. The molecule has 486 valence electrons. The van der Waals surface area contributed by atoms with Gasteiger partial charge in [0.25, 0.3) is 0 Å². The van der Waals surface area contributed by atoms with Crippen LogP contribution in [0.2, 0.25) is 0 Å². The molecule has 8 atom stereocenters. The number of phosphoric acid groups is 2. The van der Waals surface area contributed by atoms with Gasteiger partial charge in [-0.2, -0.15) is 0 Å². The summed E-state index contributed by atoms with van der Waals surface area (Å²) in [5.41, 5.74) is 0. The zero-order chi connectivity index (χ0) is 61.1. The van der Waals surface area contributed by atoms with Crippen molar-refractivity contribution in [3.8, 4) is 0 Å². The second-order valence-electron chi connectivity index (χ2n) is 24.0. The van der Waals surface area contributed by atoms with Gasteiger partial charge in [0.15, 0.2) is 12.2 Å². The van der Waals surface area contributed by atoms with Gasteiger partial charge in [-0.3, -0.25) is 37.3 Å². The van der Waals surface area contributed by atoms with Crippen molar-refractivity contribution in [2.24, 2.45) is 23.7 Å². The van der Waals surface area contributed by atoms with Crippen LogP contribution in [0.4, 0.5) is 0 Å². The Morgan fingerprint density at radius 1 is 0.341 bits per heavy atom. The van der Waals surface area contributed by atoms with Crippen LogP contribution in [0, 0.1) is 23.7 Å². The van der Waals surface area contributed by atoms with E-state index < -0.39 is 97.5 Å². The van der Waals surface area contributed by atoms with Gasteiger partial charge in [-0.05, 0) is 49.4 Å². The number of esters is 4. The summed E-state index contributed by atoms with van der Waals surface area (Å²) in [4.78, 5) is 72.2. The smallest absolute Gasteiger partial charge is 0.462 e. The van der Waals surface area contributed by atoms with E-state index in [4.69, 9.17) is 37.0 Å². The van der Waals surface area contributed by atoms with Crippen LogP contribution in [-0.2, 0) is 65.4 Å². The number of hydrogen-bond acceptors (Lipinski definition) is 15. The Hall–Kier alpha value is -1.94. The van der Waals surface area contributed by atoms with Gasteiger partial charge in [0.2, 0.25) is 0 Å². The molecule has 0 rings (SSSR count). The number of carbonyl (C=O) groups is 4. The van der Waals surface area contributed by atoms with Gasteiger partial charge in [-0.15, -0.1) is 0 Å². The fourth-order valence-electron chi connectivity index (χ4n) is 9.16. The van der Waals surface area contributed by atoms with E-state index in [9.17, 15) is 43.2 Å². The number of rotatable bonds is 60. The van der Waals surface area contributed by atoms with Crippen LogP contribution >= 0.6 is 15.6 Å². The molecule has 3 N–H and O–H groups in total. The average Bonchev–Trinajstić information content (AvgIpc) is 3.45. The van der Waals surface area contributed by atoms with Crippen molar-refractivity contribution >= 4 is 39.5 Å². The predicted octanol–water partition coefficient (Wildman–Crippen LogP) is 17.0. The highest BCUT2D eigenvalue weighted by molar-refractivity contribution is 7.47. The van der Waals surface area contributed by atoms with Crippen LogP contribution < -0.4 is 0 Å². The Morgan fingerprint density at radius 2 is 0.585 bits per heavy atom. The summed E-state index contributed by atoms with van der Waals surface area (Å²) in [6.07, 6.45) is 32.2. The lowest BCUT2D eigenvalue weighted by Gasteiger charge is -2.21. The molecule has 0 fully saturated rings. The van der Waals surface area contributed by atoms with Gasteiger partial charge in [0.1, 0.15) is 19.3 Å². The first-order valence-corrected chi connectivity index (χ1v) is 35.8. The molecule has 0 spiro atoms. The Bertz CT molecular complexity index is 1650. The van der Waals surface area contributed by atoms with Crippen molar-refractivity contribution in [1.82, 2.24) is 0 Å². The standard InChI is InChI=1S/C63H122O17P2/c1-9-54(6)40-32-24-17-20-27-35-43-60(65)73-49-58(79-62(67)45-37-29-16-14-12-13-15-23-31-39-53(4)5)51-77-81(69,70)75-47-57(64)48-76-82(71,72)78-52-59(80-63(68)46-38-30-22-19-26-34-42-56(8)11-3)50-74-61(66)44-36-28-21-18-25-33-41-55(7)10-2/h53-59,64H,9-52H2,1-8H3,(H,69,70)(H,71,72)/t54?,55?,56?,57-,58+,59+/m0/s1. The Kier molecular flexibility index (Phi) is 52.0. The van der Waals surface area contributed by atoms with Crippen molar-refractivity contribution in [2.75, 3.05) is 39.6 Å². The fourth-order valence-corrected chi connectivity index (χ4v) is 10.7. The van der Waals surface area contributed by atoms with E-state index >= 15 is 0 Å². The topological polar surface area (TPSA) is 237 Å². The maximum Gasteiger partial charge on any atom is 0.472 e. The van der Waals surface area contributed by atoms with Crippen molar-refractivity contribution in [3.63, 3.8) is 0 Å². The van der Waals surface area contributed by atoms with Gasteiger partial charge in [-0.25, -0.2) is 9.13 Å². The molecular weight excluding hydrogens is 1090 g/mol. The summed E-state index contributed by atoms with van der Waals surface area (Å²) >= 11 is 0. The Labute approximate surface area is 498 Å². The number of ether oxygens (including phenoxy) is 4. The van der Waals surface area contributed by atoms with Crippen LogP contribution in [-0.4, -0.2) is 96.7 Å². The van der Waals surface area contributed by atoms with E-state index in [1.807, 2.05) is 0 Å². The van der Waals surface area contributed by atoms with Crippen molar-refractivity contribution in [1.29, 1.82) is 0 Å². The molecule has 0 bridgehead atoms. The van der Waals surface area contributed by atoms with Crippen molar-refractivity contribution < 1.29 is 80.2 Å². The quantitative estimate of drug-likeness (QED) is 0.0222. The Morgan fingerprint density at radius 3 is 0.866 bits per heavy atom. The maximum absolute atomic E-state index is 13.0.